The molecule has 0 saturated carbocycles. The predicted octanol–water partition coefficient (Wildman–Crippen LogP) is 15.6. The summed E-state index contributed by atoms with van der Waals surface area (Å²) < 4.78 is 16.7. The smallest absolute Gasteiger partial charge is 0.306 e. The summed E-state index contributed by atoms with van der Waals surface area (Å²) in [6.45, 7) is 6.58. The van der Waals surface area contributed by atoms with Crippen molar-refractivity contribution in [3.05, 3.63) is 24.3 Å². The third kappa shape index (κ3) is 43.0. The molecule has 0 amide bonds. The number of unbranched alkanes of at least 4 members (excludes halogenated alkanes) is 29. The van der Waals surface area contributed by atoms with Crippen LogP contribution in [-0.4, -0.2) is 37.2 Å². The molecule has 0 radical (unpaired) electrons. The number of carbonyl (C=O) groups excluding carboxylic acids is 3. The van der Waals surface area contributed by atoms with E-state index in [2.05, 4.69) is 45.1 Å². The summed E-state index contributed by atoms with van der Waals surface area (Å²) in [5.74, 6) is -0.885. The Bertz CT molecular complexity index is 911. The van der Waals surface area contributed by atoms with E-state index >= 15 is 0 Å². The van der Waals surface area contributed by atoms with E-state index in [0.29, 0.717) is 19.3 Å². The van der Waals surface area contributed by atoms with E-state index in [4.69, 9.17) is 14.2 Å². The molecule has 0 N–H and O–H groups in total. The zero-order chi connectivity index (χ0) is 40.8. The third-order valence-corrected chi connectivity index (χ3v) is 10.7. The molecule has 0 aliphatic heterocycles. The van der Waals surface area contributed by atoms with Gasteiger partial charge in [-0.1, -0.05) is 199 Å². The number of allylic oxidation sites excluding steroid dienone is 4. The lowest BCUT2D eigenvalue weighted by Gasteiger charge is -2.18. The van der Waals surface area contributed by atoms with Gasteiger partial charge in [-0.05, 0) is 64.2 Å². The first kappa shape index (κ1) is 53.9. The second-order valence-corrected chi connectivity index (χ2v) is 16.4. The van der Waals surface area contributed by atoms with Gasteiger partial charge in [-0.15, -0.1) is 0 Å². The van der Waals surface area contributed by atoms with E-state index < -0.39 is 6.10 Å². The van der Waals surface area contributed by atoms with Gasteiger partial charge in [0, 0.05) is 19.3 Å². The highest BCUT2D eigenvalue weighted by Crippen LogP contribution is 2.15. The largest absolute Gasteiger partial charge is 0.462 e. The molecule has 6 nitrogen and oxygen atoms in total. The van der Waals surface area contributed by atoms with Gasteiger partial charge in [0.2, 0.25) is 0 Å². The van der Waals surface area contributed by atoms with Crippen LogP contribution in [0.5, 0.6) is 0 Å². The Morgan fingerprint density at radius 1 is 0.339 bits per heavy atom. The van der Waals surface area contributed by atoms with Crippen LogP contribution in [0.2, 0.25) is 0 Å². The van der Waals surface area contributed by atoms with E-state index in [0.717, 1.165) is 77.0 Å². The van der Waals surface area contributed by atoms with Crippen molar-refractivity contribution in [2.45, 2.75) is 264 Å². The maximum absolute atomic E-state index is 12.7. The average molecular weight is 789 g/mol. The van der Waals surface area contributed by atoms with Crippen molar-refractivity contribution in [2.24, 2.45) is 0 Å². The highest BCUT2D eigenvalue weighted by molar-refractivity contribution is 5.71. The summed E-state index contributed by atoms with van der Waals surface area (Å²) in [4.78, 5) is 37.7. The van der Waals surface area contributed by atoms with Crippen molar-refractivity contribution in [3.63, 3.8) is 0 Å². The molecule has 1 unspecified atom stereocenters. The van der Waals surface area contributed by atoms with Crippen molar-refractivity contribution >= 4 is 17.9 Å². The van der Waals surface area contributed by atoms with Crippen LogP contribution < -0.4 is 0 Å². The first-order valence-electron chi connectivity index (χ1n) is 24.3. The van der Waals surface area contributed by atoms with E-state index in [-0.39, 0.29) is 31.1 Å². The molecule has 0 bridgehead atoms. The molecule has 0 aliphatic carbocycles. The fraction of sp³-hybridized carbons (Fsp3) is 0.860. The van der Waals surface area contributed by atoms with Crippen LogP contribution in [0.4, 0.5) is 0 Å². The number of esters is 3. The molecule has 0 rings (SSSR count). The van der Waals surface area contributed by atoms with Gasteiger partial charge < -0.3 is 14.2 Å². The molecule has 1 atom stereocenters. The maximum Gasteiger partial charge on any atom is 0.306 e. The van der Waals surface area contributed by atoms with Gasteiger partial charge in [0.05, 0.1) is 0 Å². The number of ether oxygens (including phenoxy) is 3. The molecule has 6 heteroatoms. The highest BCUT2D eigenvalue weighted by atomic mass is 16.6. The molecule has 0 aromatic heterocycles. The third-order valence-electron chi connectivity index (χ3n) is 10.7. The Labute approximate surface area is 347 Å². The first-order valence-corrected chi connectivity index (χ1v) is 24.3. The van der Waals surface area contributed by atoms with Gasteiger partial charge in [-0.3, -0.25) is 14.4 Å². The quantitative estimate of drug-likeness (QED) is 0.0265. The number of carbonyl (C=O) groups is 3. The minimum absolute atomic E-state index is 0.0741. The van der Waals surface area contributed by atoms with Crippen LogP contribution >= 0.6 is 0 Å². The monoisotopic (exact) mass is 789 g/mol. The summed E-state index contributed by atoms with van der Waals surface area (Å²) in [5, 5.41) is 0. The zero-order valence-electron chi connectivity index (χ0n) is 37.4. The molecule has 0 fully saturated rings. The first-order chi connectivity index (χ1) is 27.5. The van der Waals surface area contributed by atoms with E-state index in [1.165, 1.54) is 141 Å². The number of hydrogen-bond donors (Lipinski definition) is 0. The lowest BCUT2D eigenvalue weighted by Crippen LogP contribution is -2.30. The van der Waals surface area contributed by atoms with Crippen molar-refractivity contribution in [3.8, 4) is 0 Å². The van der Waals surface area contributed by atoms with E-state index in [1.807, 2.05) is 0 Å². The molecule has 56 heavy (non-hydrogen) atoms. The van der Waals surface area contributed by atoms with Crippen LogP contribution in [0.3, 0.4) is 0 Å². The molecule has 0 aromatic carbocycles. The Morgan fingerprint density at radius 2 is 0.607 bits per heavy atom. The van der Waals surface area contributed by atoms with Gasteiger partial charge in [-0.2, -0.15) is 0 Å². The molecule has 0 aliphatic rings. The second-order valence-electron chi connectivity index (χ2n) is 16.4. The molecule has 0 aromatic rings. The Hall–Kier alpha value is -2.11. The fourth-order valence-electron chi connectivity index (χ4n) is 6.95. The van der Waals surface area contributed by atoms with Gasteiger partial charge in [0.1, 0.15) is 13.2 Å². The summed E-state index contributed by atoms with van der Waals surface area (Å²) in [5.41, 5.74) is 0. The minimum atomic E-state index is -0.770. The SMILES string of the molecule is CCCC/C=C\CCCCCCC(=O)OCC(COC(=O)CCCCCCCCC/C=C\CCCCCCCC)OC(=O)CCCCCCCCCCCCC. The molecule has 328 valence electrons. The Morgan fingerprint density at radius 3 is 0.946 bits per heavy atom. The van der Waals surface area contributed by atoms with Crippen LogP contribution in [0.15, 0.2) is 24.3 Å². The molecular weight excluding hydrogens is 697 g/mol. The standard InChI is InChI=1S/C50H92O6/c1-4-7-10-13-16-19-22-23-24-25-26-27-29-31-34-37-40-43-49(52)55-46-47(45-54-48(51)42-39-36-33-30-21-18-15-12-9-6-3)56-50(53)44-41-38-35-32-28-20-17-14-11-8-5-2/h15,18,23-24,47H,4-14,16-17,19-22,25-46H2,1-3H3/b18-15-,24-23-. The summed E-state index contributed by atoms with van der Waals surface area (Å²) in [6, 6.07) is 0. The van der Waals surface area contributed by atoms with E-state index in [9.17, 15) is 14.4 Å². The van der Waals surface area contributed by atoms with Crippen LogP contribution in [0.1, 0.15) is 258 Å². The Balaban J connectivity index is 4.30. The summed E-state index contributed by atoms with van der Waals surface area (Å²) >= 11 is 0. The van der Waals surface area contributed by atoms with Crippen LogP contribution in [-0.2, 0) is 28.6 Å². The van der Waals surface area contributed by atoms with Gasteiger partial charge in [0.25, 0.3) is 0 Å². The summed E-state index contributed by atoms with van der Waals surface area (Å²) in [6.07, 6.45) is 50.2. The second kappa shape index (κ2) is 45.6. The van der Waals surface area contributed by atoms with Crippen molar-refractivity contribution in [1.82, 2.24) is 0 Å². The maximum atomic E-state index is 12.7. The van der Waals surface area contributed by atoms with Crippen LogP contribution in [0.25, 0.3) is 0 Å². The summed E-state index contributed by atoms with van der Waals surface area (Å²) in [7, 11) is 0. The topological polar surface area (TPSA) is 78.9 Å². The average Bonchev–Trinajstić information content (AvgIpc) is 3.19. The molecular formula is C50H92O6. The Kier molecular flexibility index (Phi) is 43.9. The normalized spacial score (nSPS) is 12.1. The van der Waals surface area contributed by atoms with Crippen LogP contribution in [0, 0.1) is 0 Å². The zero-order valence-corrected chi connectivity index (χ0v) is 37.4. The number of rotatable bonds is 44. The van der Waals surface area contributed by atoms with Gasteiger partial charge in [0.15, 0.2) is 6.10 Å². The number of hydrogen-bond acceptors (Lipinski definition) is 6. The van der Waals surface area contributed by atoms with Gasteiger partial charge >= 0.3 is 17.9 Å². The van der Waals surface area contributed by atoms with Crippen molar-refractivity contribution in [1.29, 1.82) is 0 Å². The molecule has 0 spiro atoms. The minimum Gasteiger partial charge on any atom is -0.462 e. The van der Waals surface area contributed by atoms with Gasteiger partial charge in [-0.25, -0.2) is 0 Å². The highest BCUT2D eigenvalue weighted by Gasteiger charge is 2.19. The molecule has 0 saturated heterocycles. The predicted molar refractivity (Wildman–Crippen MR) is 238 cm³/mol. The van der Waals surface area contributed by atoms with E-state index in [1.54, 1.807) is 0 Å². The van der Waals surface area contributed by atoms with Crippen molar-refractivity contribution in [2.75, 3.05) is 13.2 Å². The van der Waals surface area contributed by atoms with Crippen molar-refractivity contribution < 1.29 is 28.6 Å². The lowest BCUT2D eigenvalue weighted by atomic mass is 10.1. The fourth-order valence-corrected chi connectivity index (χ4v) is 6.95. The lowest BCUT2D eigenvalue weighted by molar-refractivity contribution is -0.167. The molecule has 0 heterocycles.